The minimum Gasteiger partial charge on any atom is -0.496 e. The lowest BCUT2D eigenvalue weighted by molar-refractivity contribution is 0.302. The molecule has 0 unspecified atom stereocenters. The summed E-state index contributed by atoms with van der Waals surface area (Å²) >= 11 is 0. The number of hydrogen-bond donors (Lipinski definition) is 0. The molecule has 2 aromatic rings. The largest absolute Gasteiger partial charge is 0.496 e. The van der Waals surface area contributed by atoms with Gasteiger partial charge < -0.3 is 9.26 Å². The summed E-state index contributed by atoms with van der Waals surface area (Å²) in [6.07, 6.45) is 3.39. The molecule has 2 fully saturated rings. The van der Waals surface area contributed by atoms with Gasteiger partial charge in [-0.05, 0) is 44.0 Å². The molecule has 2 aliphatic rings. The van der Waals surface area contributed by atoms with Crippen LogP contribution in [0, 0.1) is 11.3 Å². The minimum absolute atomic E-state index is 0.301. The number of nitriles is 1. The predicted octanol–water partition coefficient (Wildman–Crippen LogP) is 2.82. The second-order valence-electron chi connectivity index (χ2n) is 6.62. The zero-order chi connectivity index (χ0) is 16.5. The molecule has 1 aromatic heterocycles. The Morgan fingerprint density at radius 1 is 1.33 bits per heavy atom. The number of likely N-dealkylation sites (tertiary alicyclic amines) is 1. The van der Waals surface area contributed by atoms with Gasteiger partial charge in [0.05, 0.1) is 24.7 Å². The van der Waals surface area contributed by atoms with Gasteiger partial charge in [0.15, 0.2) is 5.82 Å². The van der Waals surface area contributed by atoms with E-state index in [1.165, 1.54) is 12.8 Å². The lowest BCUT2D eigenvalue weighted by atomic mass is 10.1. The van der Waals surface area contributed by atoms with E-state index in [1.54, 1.807) is 13.2 Å². The average molecular weight is 324 g/mol. The second kappa shape index (κ2) is 6.25. The number of ether oxygens (including phenoxy) is 1. The van der Waals surface area contributed by atoms with Crippen molar-refractivity contribution in [2.45, 2.75) is 37.6 Å². The lowest BCUT2D eigenvalue weighted by Crippen LogP contribution is -2.20. The van der Waals surface area contributed by atoms with E-state index in [1.807, 2.05) is 12.1 Å². The predicted molar refractivity (Wildman–Crippen MR) is 86.6 cm³/mol. The molecule has 0 radical (unpaired) electrons. The summed E-state index contributed by atoms with van der Waals surface area (Å²) in [5, 5.41) is 13.2. The standard InChI is InChI=1S/C18H20N4O2/c1-23-16-5-2-12(9-19)8-15(16)11-22-7-6-14(10-22)18-20-17(21-24-18)13-3-4-13/h2,5,8,13-14H,3-4,6-7,10-11H2,1H3/t14-/m0/s1. The molecule has 4 rings (SSSR count). The molecular weight excluding hydrogens is 304 g/mol. The molecule has 2 heterocycles. The molecule has 6 heteroatoms. The summed E-state index contributed by atoms with van der Waals surface area (Å²) in [6.45, 7) is 2.64. The number of nitrogens with zero attached hydrogens (tertiary/aromatic N) is 4. The van der Waals surface area contributed by atoms with Gasteiger partial charge in [0, 0.05) is 24.6 Å². The molecule has 0 N–H and O–H groups in total. The van der Waals surface area contributed by atoms with E-state index in [4.69, 9.17) is 14.5 Å². The molecule has 1 saturated heterocycles. The molecule has 0 spiro atoms. The van der Waals surface area contributed by atoms with Crippen LogP contribution in [0.1, 0.15) is 53.9 Å². The zero-order valence-electron chi connectivity index (χ0n) is 13.7. The first kappa shape index (κ1) is 15.2. The summed E-state index contributed by atoms with van der Waals surface area (Å²) in [6, 6.07) is 7.74. The molecule has 0 bridgehead atoms. The summed E-state index contributed by atoms with van der Waals surface area (Å²) in [5.74, 6) is 3.31. The highest BCUT2D eigenvalue weighted by atomic mass is 16.5. The van der Waals surface area contributed by atoms with Crippen molar-refractivity contribution in [3.8, 4) is 11.8 Å². The Balaban J connectivity index is 1.44. The van der Waals surface area contributed by atoms with Crippen LogP contribution < -0.4 is 4.74 Å². The number of rotatable bonds is 5. The third-order valence-corrected chi connectivity index (χ3v) is 4.83. The summed E-state index contributed by atoms with van der Waals surface area (Å²) in [7, 11) is 1.66. The Hall–Kier alpha value is -2.39. The van der Waals surface area contributed by atoms with Crippen molar-refractivity contribution in [3.05, 3.63) is 41.0 Å². The lowest BCUT2D eigenvalue weighted by Gasteiger charge is -2.17. The van der Waals surface area contributed by atoms with Crippen molar-refractivity contribution < 1.29 is 9.26 Å². The highest BCUT2D eigenvalue weighted by Crippen LogP contribution is 2.39. The first-order valence-electron chi connectivity index (χ1n) is 8.39. The Kier molecular flexibility index (Phi) is 3.95. The average Bonchev–Trinajstić information content (AvgIpc) is 3.16. The van der Waals surface area contributed by atoms with E-state index in [9.17, 15) is 0 Å². The van der Waals surface area contributed by atoms with Gasteiger partial charge >= 0.3 is 0 Å². The van der Waals surface area contributed by atoms with Crippen LogP contribution in [0.15, 0.2) is 22.7 Å². The van der Waals surface area contributed by atoms with Crippen LogP contribution in [0.2, 0.25) is 0 Å². The van der Waals surface area contributed by atoms with Crippen LogP contribution >= 0.6 is 0 Å². The summed E-state index contributed by atoms with van der Waals surface area (Å²) < 4.78 is 10.9. The summed E-state index contributed by atoms with van der Waals surface area (Å²) in [5.41, 5.74) is 1.70. The number of benzene rings is 1. The van der Waals surface area contributed by atoms with E-state index in [2.05, 4.69) is 21.1 Å². The van der Waals surface area contributed by atoms with Crippen LogP contribution in [0.3, 0.4) is 0 Å². The fraction of sp³-hybridized carbons (Fsp3) is 0.500. The third-order valence-electron chi connectivity index (χ3n) is 4.83. The maximum Gasteiger partial charge on any atom is 0.231 e. The highest BCUT2D eigenvalue weighted by Gasteiger charge is 2.33. The van der Waals surface area contributed by atoms with E-state index < -0.39 is 0 Å². The first-order chi connectivity index (χ1) is 11.8. The molecule has 1 aliphatic heterocycles. The Morgan fingerprint density at radius 2 is 2.21 bits per heavy atom. The van der Waals surface area contributed by atoms with E-state index in [0.29, 0.717) is 17.4 Å². The fourth-order valence-corrected chi connectivity index (χ4v) is 3.31. The van der Waals surface area contributed by atoms with Crippen molar-refractivity contribution in [2.24, 2.45) is 0 Å². The van der Waals surface area contributed by atoms with Gasteiger partial charge in [0.2, 0.25) is 5.89 Å². The molecule has 1 aliphatic carbocycles. The first-order valence-corrected chi connectivity index (χ1v) is 8.39. The smallest absolute Gasteiger partial charge is 0.231 e. The molecule has 1 saturated carbocycles. The van der Waals surface area contributed by atoms with E-state index in [0.717, 1.165) is 49.1 Å². The van der Waals surface area contributed by atoms with Gasteiger partial charge in [-0.15, -0.1) is 0 Å². The second-order valence-corrected chi connectivity index (χ2v) is 6.62. The van der Waals surface area contributed by atoms with Crippen LogP contribution in [-0.4, -0.2) is 35.2 Å². The number of hydrogen-bond acceptors (Lipinski definition) is 6. The molecule has 124 valence electrons. The van der Waals surface area contributed by atoms with Crippen LogP contribution in [0.5, 0.6) is 5.75 Å². The molecule has 0 amide bonds. The summed E-state index contributed by atoms with van der Waals surface area (Å²) in [4.78, 5) is 6.94. The third kappa shape index (κ3) is 3.00. The number of methoxy groups -OCH3 is 1. The van der Waals surface area contributed by atoms with E-state index >= 15 is 0 Å². The molecule has 1 atom stereocenters. The highest BCUT2D eigenvalue weighted by molar-refractivity contribution is 5.42. The van der Waals surface area contributed by atoms with Crippen molar-refractivity contribution in [2.75, 3.05) is 20.2 Å². The van der Waals surface area contributed by atoms with Gasteiger partial charge in [-0.2, -0.15) is 10.2 Å². The SMILES string of the molecule is COc1ccc(C#N)cc1CN1CC[C@H](c2nc(C3CC3)no2)C1. The van der Waals surface area contributed by atoms with Crippen molar-refractivity contribution >= 4 is 0 Å². The topological polar surface area (TPSA) is 75.2 Å². The van der Waals surface area contributed by atoms with Gasteiger partial charge in [-0.1, -0.05) is 5.16 Å². The monoisotopic (exact) mass is 324 g/mol. The molecular formula is C18H20N4O2. The van der Waals surface area contributed by atoms with Crippen molar-refractivity contribution in [3.63, 3.8) is 0 Å². The molecule has 1 aromatic carbocycles. The van der Waals surface area contributed by atoms with E-state index in [-0.39, 0.29) is 0 Å². The Bertz CT molecular complexity index is 776. The molecule has 6 nitrogen and oxygen atoms in total. The van der Waals surface area contributed by atoms with Gasteiger partial charge in [-0.25, -0.2) is 0 Å². The fourth-order valence-electron chi connectivity index (χ4n) is 3.31. The van der Waals surface area contributed by atoms with Crippen LogP contribution in [-0.2, 0) is 6.54 Å². The van der Waals surface area contributed by atoms with Crippen molar-refractivity contribution in [1.29, 1.82) is 5.26 Å². The van der Waals surface area contributed by atoms with Gasteiger partial charge in [0.25, 0.3) is 0 Å². The quantitative estimate of drug-likeness (QED) is 0.842. The van der Waals surface area contributed by atoms with Gasteiger partial charge in [0.1, 0.15) is 5.75 Å². The Labute approximate surface area is 141 Å². The molecule has 24 heavy (non-hydrogen) atoms. The number of aromatic nitrogens is 2. The maximum atomic E-state index is 9.10. The van der Waals surface area contributed by atoms with Gasteiger partial charge in [-0.3, -0.25) is 4.90 Å². The maximum absolute atomic E-state index is 9.10. The van der Waals surface area contributed by atoms with Crippen LogP contribution in [0.25, 0.3) is 0 Å². The Morgan fingerprint density at radius 3 is 2.96 bits per heavy atom. The minimum atomic E-state index is 0.301. The van der Waals surface area contributed by atoms with Crippen molar-refractivity contribution in [1.82, 2.24) is 15.0 Å². The normalized spacial score (nSPS) is 20.9. The zero-order valence-corrected chi connectivity index (χ0v) is 13.7. The van der Waals surface area contributed by atoms with Crippen LogP contribution in [0.4, 0.5) is 0 Å².